The van der Waals surface area contributed by atoms with Gasteiger partial charge in [0.05, 0.1) is 0 Å². The summed E-state index contributed by atoms with van der Waals surface area (Å²) in [5.41, 5.74) is 0. The van der Waals surface area contributed by atoms with Gasteiger partial charge in [-0.3, -0.25) is 0 Å². The maximum absolute atomic E-state index is 3.70. The summed E-state index contributed by atoms with van der Waals surface area (Å²) in [4.78, 5) is 0. The standard InChI is InChI=1S/C8H12/c1-3-5-7-8-6-4-2/h1-5,7H2. The zero-order chi connectivity index (χ0) is 6.24. The largest absolute Gasteiger partial charge is 0.103 e. The van der Waals surface area contributed by atoms with Gasteiger partial charge in [0.2, 0.25) is 0 Å². The molecule has 0 aromatic rings. The van der Waals surface area contributed by atoms with Crippen molar-refractivity contribution in [3.05, 3.63) is 13.8 Å². The fourth-order valence-corrected chi connectivity index (χ4v) is 0.390. The summed E-state index contributed by atoms with van der Waals surface area (Å²) in [7, 11) is 0. The summed E-state index contributed by atoms with van der Waals surface area (Å²) in [5, 5.41) is 0. The van der Waals surface area contributed by atoms with E-state index >= 15 is 0 Å². The molecule has 0 aliphatic carbocycles. The monoisotopic (exact) mass is 108 g/mol. The highest BCUT2D eigenvalue weighted by Gasteiger charge is 1.73. The van der Waals surface area contributed by atoms with Crippen molar-refractivity contribution in [2.24, 2.45) is 0 Å². The Balaban J connectivity index is 2.90. The van der Waals surface area contributed by atoms with Gasteiger partial charge >= 0.3 is 0 Å². The number of unbranched alkanes of at least 4 members (excludes halogenated alkanes) is 2. The molecule has 0 rings (SSSR count). The van der Waals surface area contributed by atoms with Gasteiger partial charge in [0.25, 0.3) is 0 Å². The minimum Gasteiger partial charge on any atom is -0.103 e. The lowest BCUT2D eigenvalue weighted by atomic mass is 10.2. The highest BCUT2D eigenvalue weighted by Crippen LogP contribution is 1.89. The molecule has 0 aromatic carbocycles. The summed E-state index contributed by atoms with van der Waals surface area (Å²) >= 11 is 0. The highest BCUT2D eigenvalue weighted by molar-refractivity contribution is 4.98. The molecule has 0 spiro atoms. The number of hydrogen-bond donors (Lipinski definition) is 0. The lowest BCUT2D eigenvalue weighted by molar-refractivity contribution is 0.882. The van der Waals surface area contributed by atoms with Crippen molar-refractivity contribution >= 4 is 0 Å². The Labute approximate surface area is 52.3 Å². The van der Waals surface area contributed by atoms with Gasteiger partial charge in [-0.15, -0.1) is 11.8 Å². The minimum atomic E-state index is 0.733. The van der Waals surface area contributed by atoms with Crippen LogP contribution in [0.25, 0.3) is 0 Å². The SMILES string of the molecule is [CH2]CC#CCCC[CH2]. The first kappa shape index (κ1) is 7.56. The van der Waals surface area contributed by atoms with E-state index in [4.69, 9.17) is 0 Å². The number of rotatable bonds is 2. The van der Waals surface area contributed by atoms with E-state index < -0.39 is 0 Å². The van der Waals surface area contributed by atoms with Crippen LogP contribution in [-0.2, 0) is 0 Å². The fraction of sp³-hybridized carbons (Fsp3) is 0.500. The molecule has 0 aliphatic heterocycles. The van der Waals surface area contributed by atoms with Crippen molar-refractivity contribution in [1.29, 1.82) is 0 Å². The first-order chi connectivity index (χ1) is 3.91. The molecule has 0 bridgehead atoms. The van der Waals surface area contributed by atoms with Crippen molar-refractivity contribution in [1.82, 2.24) is 0 Å². The molecule has 0 amide bonds. The van der Waals surface area contributed by atoms with E-state index in [1.165, 1.54) is 0 Å². The van der Waals surface area contributed by atoms with E-state index in [-0.39, 0.29) is 0 Å². The Morgan fingerprint density at radius 3 is 2.38 bits per heavy atom. The van der Waals surface area contributed by atoms with Crippen LogP contribution in [0.3, 0.4) is 0 Å². The van der Waals surface area contributed by atoms with E-state index in [0.717, 1.165) is 25.7 Å². The Morgan fingerprint density at radius 1 is 1.12 bits per heavy atom. The third-order valence-corrected chi connectivity index (χ3v) is 0.802. The molecule has 0 fully saturated rings. The van der Waals surface area contributed by atoms with Crippen LogP contribution in [0.5, 0.6) is 0 Å². The first-order valence-electron chi connectivity index (χ1n) is 2.96. The van der Waals surface area contributed by atoms with Gasteiger partial charge in [-0.1, -0.05) is 13.3 Å². The molecular formula is C8H12. The van der Waals surface area contributed by atoms with E-state index in [1.807, 2.05) is 0 Å². The second-order valence-corrected chi connectivity index (χ2v) is 1.56. The fourth-order valence-electron chi connectivity index (χ4n) is 0.390. The summed E-state index contributed by atoms with van der Waals surface area (Å²) in [6.45, 7) is 7.29. The van der Waals surface area contributed by atoms with Crippen LogP contribution in [-0.4, -0.2) is 0 Å². The molecule has 2 radical (unpaired) electrons. The zero-order valence-corrected chi connectivity index (χ0v) is 5.24. The normalized spacial score (nSPS) is 7.75. The second kappa shape index (κ2) is 6.56. The Hall–Kier alpha value is -0.440. The topological polar surface area (TPSA) is 0 Å². The van der Waals surface area contributed by atoms with E-state index in [0.29, 0.717) is 0 Å². The maximum Gasteiger partial charge on any atom is 0.00890 e. The summed E-state index contributed by atoms with van der Waals surface area (Å²) in [6, 6.07) is 0. The van der Waals surface area contributed by atoms with E-state index in [2.05, 4.69) is 25.7 Å². The number of hydrogen-bond acceptors (Lipinski definition) is 0. The molecule has 44 valence electrons. The summed E-state index contributed by atoms with van der Waals surface area (Å²) < 4.78 is 0. The van der Waals surface area contributed by atoms with Gasteiger partial charge in [0.15, 0.2) is 0 Å². The molecule has 0 unspecified atom stereocenters. The predicted octanol–water partition coefficient (Wildman–Crippen LogP) is 2.22. The van der Waals surface area contributed by atoms with Crippen molar-refractivity contribution in [2.75, 3.05) is 0 Å². The Bertz CT molecular complexity index is 81.9. The van der Waals surface area contributed by atoms with Gasteiger partial charge in [0, 0.05) is 12.8 Å². The van der Waals surface area contributed by atoms with Crippen molar-refractivity contribution in [3.63, 3.8) is 0 Å². The van der Waals surface area contributed by atoms with Crippen LogP contribution in [0.15, 0.2) is 0 Å². The van der Waals surface area contributed by atoms with Gasteiger partial charge < -0.3 is 0 Å². The second-order valence-electron chi connectivity index (χ2n) is 1.56. The Morgan fingerprint density at radius 2 is 1.88 bits per heavy atom. The van der Waals surface area contributed by atoms with Gasteiger partial charge in [0.1, 0.15) is 0 Å². The third-order valence-electron chi connectivity index (χ3n) is 0.802. The van der Waals surface area contributed by atoms with Crippen molar-refractivity contribution in [2.45, 2.75) is 25.7 Å². The average Bonchev–Trinajstić information content (AvgIpc) is 1.81. The predicted molar refractivity (Wildman–Crippen MR) is 37.0 cm³/mol. The molecule has 0 nitrogen and oxygen atoms in total. The quantitative estimate of drug-likeness (QED) is 0.376. The molecule has 0 aromatic heterocycles. The molecule has 0 N–H and O–H groups in total. The first-order valence-corrected chi connectivity index (χ1v) is 2.96. The molecule has 8 heavy (non-hydrogen) atoms. The lowest BCUT2D eigenvalue weighted by Crippen LogP contribution is -1.66. The molecule has 0 heteroatoms. The summed E-state index contributed by atoms with van der Waals surface area (Å²) in [5.74, 6) is 5.88. The van der Waals surface area contributed by atoms with Gasteiger partial charge in [-0.25, -0.2) is 0 Å². The van der Waals surface area contributed by atoms with Crippen LogP contribution in [0.1, 0.15) is 25.7 Å². The van der Waals surface area contributed by atoms with Crippen molar-refractivity contribution in [3.8, 4) is 11.8 Å². The average molecular weight is 108 g/mol. The zero-order valence-electron chi connectivity index (χ0n) is 5.24. The van der Waals surface area contributed by atoms with Crippen LogP contribution in [0.4, 0.5) is 0 Å². The Kier molecular flexibility index (Phi) is 6.20. The smallest absolute Gasteiger partial charge is 0.00890 e. The highest BCUT2D eigenvalue weighted by atomic mass is 13.8. The van der Waals surface area contributed by atoms with Crippen LogP contribution in [0, 0.1) is 25.7 Å². The maximum atomic E-state index is 3.70. The van der Waals surface area contributed by atoms with E-state index in [9.17, 15) is 0 Å². The van der Waals surface area contributed by atoms with Crippen LogP contribution >= 0.6 is 0 Å². The molecule has 0 saturated carbocycles. The van der Waals surface area contributed by atoms with Crippen LogP contribution in [0.2, 0.25) is 0 Å². The molecular weight excluding hydrogens is 96.1 g/mol. The lowest BCUT2D eigenvalue weighted by Gasteiger charge is -1.81. The molecule has 0 atom stereocenters. The summed E-state index contributed by atoms with van der Waals surface area (Å²) in [6.07, 6.45) is 3.83. The third kappa shape index (κ3) is 5.56. The molecule has 0 aliphatic rings. The molecule has 0 saturated heterocycles. The van der Waals surface area contributed by atoms with Crippen LogP contribution < -0.4 is 0 Å². The van der Waals surface area contributed by atoms with Gasteiger partial charge in [-0.05, 0) is 13.3 Å². The van der Waals surface area contributed by atoms with Crippen molar-refractivity contribution < 1.29 is 0 Å². The molecule has 0 heterocycles. The minimum absolute atomic E-state index is 0.733. The van der Waals surface area contributed by atoms with E-state index in [1.54, 1.807) is 0 Å². The van der Waals surface area contributed by atoms with Gasteiger partial charge in [-0.2, -0.15) is 0 Å².